The lowest BCUT2D eigenvalue weighted by molar-refractivity contribution is -0.142. The molecule has 11 heteroatoms. The van der Waals surface area contributed by atoms with E-state index in [9.17, 15) is 29.1 Å². The number of ether oxygens (including phenoxy) is 1. The first-order chi connectivity index (χ1) is 18.5. The Kier molecular flexibility index (Phi) is 15.4. The molecule has 0 spiro atoms. The molecule has 1 rings (SSSR count). The zero-order chi connectivity index (χ0) is 29.4. The van der Waals surface area contributed by atoms with E-state index >= 15 is 0 Å². The van der Waals surface area contributed by atoms with E-state index in [1.165, 1.54) is 4.90 Å². The van der Waals surface area contributed by atoms with Crippen LogP contribution in [0.1, 0.15) is 71.8 Å². The van der Waals surface area contributed by atoms with Gasteiger partial charge in [0.15, 0.2) is 0 Å². The molecule has 0 aliphatic heterocycles. The molecule has 0 saturated heterocycles. The zero-order valence-electron chi connectivity index (χ0n) is 23.5. The van der Waals surface area contributed by atoms with Gasteiger partial charge in [-0.3, -0.25) is 24.0 Å². The van der Waals surface area contributed by atoms with Crippen molar-refractivity contribution in [3.05, 3.63) is 29.8 Å². The van der Waals surface area contributed by atoms with E-state index < -0.39 is 41.7 Å². The topological polar surface area (TPSA) is 168 Å². The summed E-state index contributed by atoms with van der Waals surface area (Å²) in [6, 6.07) is 5.08. The molecule has 218 valence electrons. The molecule has 4 amide bonds. The van der Waals surface area contributed by atoms with E-state index in [0.717, 1.165) is 12.8 Å². The number of amides is 4. The highest BCUT2D eigenvalue weighted by Gasteiger charge is 2.31. The van der Waals surface area contributed by atoms with Crippen LogP contribution in [-0.2, 0) is 30.4 Å². The fourth-order valence-electron chi connectivity index (χ4n) is 4.04. The van der Waals surface area contributed by atoms with E-state index in [2.05, 4.69) is 10.6 Å². The zero-order valence-corrected chi connectivity index (χ0v) is 23.5. The number of carbonyl (C=O) groups is 5. The van der Waals surface area contributed by atoms with Crippen LogP contribution in [-0.4, -0.2) is 77.3 Å². The largest absolute Gasteiger partial charge is 0.493 e. The minimum Gasteiger partial charge on any atom is -0.493 e. The fraction of sp³-hybridized carbons (Fsp3) is 0.607. The Morgan fingerprint density at radius 2 is 1.79 bits per heavy atom. The fourth-order valence-corrected chi connectivity index (χ4v) is 4.04. The lowest BCUT2D eigenvalue weighted by atomic mass is 10.0. The number of ketones is 1. The Morgan fingerprint density at radius 3 is 2.38 bits per heavy atom. The van der Waals surface area contributed by atoms with Gasteiger partial charge in [-0.15, -0.1) is 0 Å². The van der Waals surface area contributed by atoms with Crippen LogP contribution in [0.3, 0.4) is 0 Å². The van der Waals surface area contributed by atoms with Crippen LogP contribution in [0.2, 0.25) is 0 Å². The third-order valence-corrected chi connectivity index (χ3v) is 6.20. The Labute approximate surface area is 230 Å². The molecule has 11 nitrogen and oxygen atoms in total. The predicted octanol–water partition coefficient (Wildman–Crippen LogP) is 1.24. The van der Waals surface area contributed by atoms with Crippen LogP contribution >= 0.6 is 0 Å². The second-order valence-electron chi connectivity index (χ2n) is 9.48. The SMILES string of the molecule is CCCCCC(NC(=O)C(CC)N(CC)C(=O)CNC(=O)Cc1cccc(OCCC(C)O)c1)C(=O)C(N)=O. The highest BCUT2D eigenvalue weighted by molar-refractivity contribution is 6.37. The number of nitrogens with one attached hydrogen (secondary N) is 2. The summed E-state index contributed by atoms with van der Waals surface area (Å²) in [6.07, 6.45) is 2.95. The van der Waals surface area contributed by atoms with Gasteiger partial charge in [-0.05, 0) is 44.4 Å². The Bertz CT molecular complexity index is 967. The number of hydrogen-bond acceptors (Lipinski definition) is 7. The van der Waals surface area contributed by atoms with E-state index in [1.54, 1.807) is 45.0 Å². The van der Waals surface area contributed by atoms with Crippen LogP contribution in [0.4, 0.5) is 0 Å². The smallest absolute Gasteiger partial charge is 0.287 e. The maximum atomic E-state index is 13.1. The number of hydrogen-bond donors (Lipinski definition) is 4. The first kappa shape index (κ1) is 33.6. The van der Waals surface area contributed by atoms with E-state index in [-0.39, 0.29) is 38.3 Å². The van der Waals surface area contributed by atoms with Crippen molar-refractivity contribution >= 4 is 29.4 Å². The van der Waals surface area contributed by atoms with Gasteiger partial charge >= 0.3 is 0 Å². The third kappa shape index (κ3) is 12.3. The lowest BCUT2D eigenvalue weighted by Crippen LogP contribution is -2.55. The van der Waals surface area contributed by atoms with E-state index in [1.807, 2.05) is 6.92 Å². The molecule has 0 aromatic heterocycles. The molecule has 0 aliphatic rings. The number of unbranched alkanes of at least 4 members (excludes halogenated alkanes) is 2. The monoisotopic (exact) mass is 548 g/mol. The molecule has 0 saturated carbocycles. The van der Waals surface area contributed by atoms with Gasteiger partial charge < -0.3 is 31.1 Å². The third-order valence-electron chi connectivity index (χ3n) is 6.20. The van der Waals surface area contributed by atoms with Crippen LogP contribution in [0, 0.1) is 0 Å². The molecule has 0 radical (unpaired) electrons. The minimum absolute atomic E-state index is 0.0272. The summed E-state index contributed by atoms with van der Waals surface area (Å²) < 4.78 is 5.59. The summed E-state index contributed by atoms with van der Waals surface area (Å²) in [5, 5.41) is 14.6. The summed E-state index contributed by atoms with van der Waals surface area (Å²) in [6.45, 7) is 7.36. The lowest BCUT2D eigenvalue weighted by Gasteiger charge is -2.30. The Balaban J connectivity index is 2.75. The van der Waals surface area contributed by atoms with Crippen molar-refractivity contribution in [2.75, 3.05) is 19.7 Å². The van der Waals surface area contributed by atoms with Crippen LogP contribution in [0.15, 0.2) is 24.3 Å². The number of Topliss-reactive ketones (excluding diaryl/α,β-unsaturated/α-hetero) is 1. The molecule has 0 fully saturated rings. The molecule has 39 heavy (non-hydrogen) atoms. The molecular formula is C28H44N4O7. The van der Waals surface area contributed by atoms with E-state index in [4.69, 9.17) is 10.5 Å². The average molecular weight is 549 g/mol. The summed E-state index contributed by atoms with van der Waals surface area (Å²) in [5.41, 5.74) is 5.86. The van der Waals surface area contributed by atoms with Gasteiger partial charge in [0.05, 0.1) is 31.7 Å². The maximum absolute atomic E-state index is 13.1. The normalized spacial score (nSPS) is 13.1. The van der Waals surface area contributed by atoms with Gasteiger partial charge in [-0.2, -0.15) is 0 Å². The molecule has 0 bridgehead atoms. The van der Waals surface area contributed by atoms with Crippen molar-refractivity contribution in [1.29, 1.82) is 0 Å². The highest BCUT2D eigenvalue weighted by Crippen LogP contribution is 2.15. The predicted molar refractivity (Wildman–Crippen MR) is 147 cm³/mol. The van der Waals surface area contributed by atoms with Gasteiger partial charge in [0.2, 0.25) is 23.5 Å². The van der Waals surface area contributed by atoms with Crippen molar-refractivity contribution in [2.45, 2.75) is 90.8 Å². The second kappa shape index (κ2) is 17.9. The first-order valence-electron chi connectivity index (χ1n) is 13.6. The number of likely N-dealkylation sites (N-methyl/N-ethyl adjacent to an activating group) is 1. The second-order valence-corrected chi connectivity index (χ2v) is 9.48. The summed E-state index contributed by atoms with van der Waals surface area (Å²) in [5.74, 6) is -2.79. The molecule has 1 aromatic carbocycles. The molecule has 1 aromatic rings. The highest BCUT2D eigenvalue weighted by atomic mass is 16.5. The van der Waals surface area contributed by atoms with Gasteiger partial charge in [0, 0.05) is 13.0 Å². The number of benzene rings is 1. The number of nitrogens with two attached hydrogens (primary N) is 1. The van der Waals surface area contributed by atoms with Crippen LogP contribution in [0.25, 0.3) is 0 Å². The van der Waals surface area contributed by atoms with Gasteiger partial charge in [-0.25, -0.2) is 0 Å². The van der Waals surface area contributed by atoms with Crippen LogP contribution < -0.4 is 21.1 Å². The Hall–Kier alpha value is -3.47. The van der Waals surface area contributed by atoms with Gasteiger partial charge in [-0.1, -0.05) is 45.2 Å². The van der Waals surface area contributed by atoms with E-state index in [0.29, 0.717) is 30.8 Å². The molecule has 3 atom stereocenters. The molecular weight excluding hydrogens is 504 g/mol. The van der Waals surface area contributed by atoms with Crippen molar-refractivity contribution in [3.8, 4) is 5.75 Å². The van der Waals surface area contributed by atoms with Crippen LogP contribution in [0.5, 0.6) is 5.75 Å². The summed E-state index contributed by atoms with van der Waals surface area (Å²) in [4.78, 5) is 63.6. The quantitative estimate of drug-likeness (QED) is 0.149. The maximum Gasteiger partial charge on any atom is 0.287 e. The van der Waals surface area contributed by atoms with Crippen molar-refractivity contribution in [3.63, 3.8) is 0 Å². The van der Waals surface area contributed by atoms with Crippen molar-refractivity contribution in [1.82, 2.24) is 15.5 Å². The van der Waals surface area contributed by atoms with Gasteiger partial charge in [0.1, 0.15) is 11.8 Å². The summed E-state index contributed by atoms with van der Waals surface area (Å²) in [7, 11) is 0. The molecule has 0 aliphatic carbocycles. The average Bonchev–Trinajstić information content (AvgIpc) is 2.89. The van der Waals surface area contributed by atoms with Crippen molar-refractivity contribution in [2.24, 2.45) is 5.73 Å². The number of aliphatic hydroxyl groups is 1. The molecule has 5 N–H and O–H groups in total. The minimum atomic E-state index is -1.12. The number of aliphatic hydroxyl groups excluding tert-OH is 1. The number of primary amides is 1. The standard InChI is InChI=1S/C28H44N4O7/c1-5-8-9-13-22(26(36)27(29)37)31-28(38)23(6-2)32(7-3)25(35)18-30-24(34)17-20-11-10-12-21(16-20)39-15-14-19(4)33/h10-12,16,19,22-23,33H,5-9,13-15,17-18H2,1-4H3,(H2,29,37)(H,30,34)(H,31,38). The molecule has 0 heterocycles. The number of rotatable bonds is 19. The summed E-state index contributed by atoms with van der Waals surface area (Å²) >= 11 is 0. The number of nitrogens with zero attached hydrogens (tertiary/aromatic N) is 1. The van der Waals surface area contributed by atoms with Crippen molar-refractivity contribution < 1.29 is 33.8 Å². The number of carbonyl (C=O) groups excluding carboxylic acids is 5. The first-order valence-corrected chi connectivity index (χ1v) is 13.6. The Morgan fingerprint density at radius 1 is 1.08 bits per heavy atom. The van der Waals surface area contributed by atoms with Gasteiger partial charge in [0.25, 0.3) is 5.91 Å². The molecule has 3 unspecified atom stereocenters.